The summed E-state index contributed by atoms with van der Waals surface area (Å²) in [6, 6.07) is 5.46. The SMILES string of the molecule is Nc1ccc(NCC2CN3CCCC3CO2)c(C(=O)O)c1. The molecular weight excluding hydrogens is 270 g/mol. The van der Waals surface area contributed by atoms with Gasteiger partial charge in [-0.05, 0) is 37.6 Å². The number of hydrogen-bond donors (Lipinski definition) is 3. The number of carboxylic acid groups (broad SMARTS) is 1. The van der Waals surface area contributed by atoms with Gasteiger partial charge in [-0.3, -0.25) is 4.90 Å². The normalized spacial score (nSPS) is 25.5. The summed E-state index contributed by atoms with van der Waals surface area (Å²) in [6.45, 7) is 3.44. The molecule has 2 unspecified atom stereocenters. The van der Waals surface area contributed by atoms with Gasteiger partial charge in [-0.2, -0.15) is 0 Å². The van der Waals surface area contributed by atoms with E-state index in [1.165, 1.54) is 18.9 Å². The summed E-state index contributed by atoms with van der Waals surface area (Å²) in [5, 5.41) is 12.4. The highest BCUT2D eigenvalue weighted by Crippen LogP contribution is 2.24. The highest BCUT2D eigenvalue weighted by Gasteiger charge is 2.32. The van der Waals surface area contributed by atoms with Crippen LogP contribution in [0.1, 0.15) is 23.2 Å². The van der Waals surface area contributed by atoms with Crippen molar-refractivity contribution in [2.24, 2.45) is 0 Å². The zero-order valence-electron chi connectivity index (χ0n) is 11.9. The van der Waals surface area contributed by atoms with Gasteiger partial charge in [0.15, 0.2) is 0 Å². The molecule has 0 saturated carbocycles. The Bertz CT molecular complexity index is 535. The van der Waals surface area contributed by atoms with Crippen LogP contribution in [0.4, 0.5) is 11.4 Å². The first-order valence-electron chi connectivity index (χ1n) is 7.36. The molecule has 2 heterocycles. The zero-order valence-corrected chi connectivity index (χ0v) is 11.9. The summed E-state index contributed by atoms with van der Waals surface area (Å²) in [6.07, 6.45) is 2.56. The highest BCUT2D eigenvalue weighted by molar-refractivity contribution is 5.95. The lowest BCUT2D eigenvalue weighted by Gasteiger charge is -2.35. The molecule has 0 aromatic heterocycles. The van der Waals surface area contributed by atoms with E-state index in [9.17, 15) is 9.90 Å². The average Bonchev–Trinajstić information content (AvgIpc) is 2.93. The first kappa shape index (κ1) is 14.2. The molecule has 2 aliphatic rings. The van der Waals surface area contributed by atoms with E-state index in [0.29, 0.717) is 24.0 Å². The molecule has 1 aromatic carbocycles. The summed E-state index contributed by atoms with van der Waals surface area (Å²) in [4.78, 5) is 13.7. The van der Waals surface area contributed by atoms with Crippen LogP contribution in [-0.4, -0.2) is 54.4 Å². The van der Waals surface area contributed by atoms with Gasteiger partial charge in [0.2, 0.25) is 0 Å². The van der Waals surface area contributed by atoms with Gasteiger partial charge in [0.25, 0.3) is 0 Å². The van der Waals surface area contributed by atoms with Crippen LogP contribution in [0, 0.1) is 0 Å². The van der Waals surface area contributed by atoms with Crippen LogP contribution in [0.5, 0.6) is 0 Å². The Labute approximate surface area is 123 Å². The number of nitrogens with zero attached hydrogens (tertiary/aromatic N) is 1. The average molecular weight is 291 g/mol. The first-order valence-corrected chi connectivity index (χ1v) is 7.36. The fourth-order valence-corrected chi connectivity index (χ4v) is 3.13. The monoisotopic (exact) mass is 291 g/mol. The van der Waals surface area contributed by atoms with Crippen molar-refractivity contribution in [3.8, 4) is 0 Å². The number of nitrogen functional groups attached to an aromatic ring is 1. The quantitative estimate of drug-likeness (QED) is 0.724. The minimum absolute atomic E-state index is 0.0959. The number of nitrogens with one attached hydrogen (secondary N) is 1. The molecule has 2 aliphatic heterocycles. The molecular formula is C15H21N3O3. The van der Waals surface area contributed by atoms with Gasteiger partial charge >= 0.3 is 5.97 Å². The number of nitrogens with two attached hydrogens (primary N) is 1. The van der Waals surface area contributed by atoms with Crippen molar-refractivity contribution >= 4 is 17.3 Å². The predicted octanol–water partition coefficient (Wildman–Crippen LogP) is 1.24. The second-order valence-corrected chi connectivity index (χ2v) is 5.74. The molecule has 0 amide bonds. The van der Waals surface area contributed by atoms with E-state index in [-0.39, 0.29) is 11.7 Å². The van der Waals surface area contributed by atoms with E-state index < -0.39 is 5.97 Å². The van der Waals surface area contributed by atoms with Gasteiger partial charge in [0.1, 0.15) is 0 Å². The number of carboxylic acids is 1. The Morgan fingerprint density at radius 2 is 2.38 bits per heavy atom. The molecule has 3 rings (SSSR count). The van der Waals surface area contributed by atoms with Crippen LogP contribution in [0.3, 0.4) is 0 Å². The van der Waals surface area contributed by atoms with E-state index in [2.05, 4.69) is 10.2 Å². The van der Waals surface area contributed by atoms with Crippen LogP contribution >= 0.6 is 0 Å². The summed E-state index contributed by atoms with van der Waals surface area (Å²) in [5.74, 6) is -0.978. The number of rotatable bonds is 4. The summed E-state index contributed by atoms with van der Waals surface area (Å²) in [7, 11) is 0. The highest BCUT2D eigenvalue weighted by atomic mass is 16.5. The molecule has 0 bridgehead atoms. The Balaban J connectivity index is 1.61. The zero-order chi connectivity index (χ0) is 14.8. The Morgan fingerprint density at radius 1 is 1.52 bits per heavy atom. The van der Waals surface area contributed by atoms with Crippen molar-refractivity contribution in [3.05, 3.63) is 23.8 Å². The van der Waals surface area contributed by atoms with Crippen LogP contribution < -0.4 is 11.1 Å². The number of benzene rings is 1. The van der Waals surface area contributed by atoms with E-state index in [1.54, 1.807) is 12.1 Å². The van der Waals surface area contributed by atoms with Gasteiger partial charge in [0, 0.05) is 30.5 Å². The standard InChI is InChI=1S/C15H21N3O3/c16-10-3-4-14(13(6-10)15(19)20)17-7-12-8-18-5-1-2-11(18)9-21-12/h3-4,6,11-12,17H,1-2,5,7-9,16H2,(H,19,20). The molecule has 6 nitrogen and oxygen atoms in total. The third-order valence-corrected chi connectivity index (χ3v) is 4.26. The molecule has 0 radical (unpaired) electrons. The Morgan fingerprint density at radius 3 is 3.19 bits per heavy atom. The van der Waals surface area contributed by atoms with Crippen molar-refractivity contribution in [1.82, 2.24) is 4.90 Å². The molecule has 21 heavy (non-hydrogen) atoms. The van der Waals surface area contributed by atoms with Gasteiger partial charge < -0.3 is 20.9 Å². The number of hydrogen-bond acceptors (Lipinski definition) is 5. The van der Waals surface area contributed by atoms with Crippen LogP contribution in [0.25, 0.3) is 0 Å². The topological polar surface area (TPSA) is 87.8 Å². The van der Waals surface area contributed by atoms with Crippen LogP contribution in [0.15, 0.2) is 18.2 Å². The first-order chi connectivity index (χ1) is 10.1. The maximum absolute atomic E-state index is 11.2. The fourth-order valence-electron chi connectivity index (χ4n) is 3.13. The second kappa shape index (κ2) is 5.91. The van der Waals surface area contributed by atoms with Gasteiger partial charge in [0.05, 0.1) is 18.3 Å². The second-order valence-electron chi connectivity index (χ2n) is 5.74. The third-order valence-electron chi connectivity index (χ3n) is 4.26. The number of aromatic carboxylic acids is 1. The third kappa shape index (κ3) is 3.11. The number of fused-ring (bicyclic) bond motifs is 1. The van der Waals surface area contributed by atoms with Gasteiger partial charge in [-0.1, -0.05) is 0 Å². The largest absolute Gasteiger partial charge is 0.478 e. The minimum atomic E-state index is -0.978. The molecule has 2 fully saturated rings. The van der Waals surface area contributed by atoms with E-state index >= 15 is 0 Å². The van der Waals surface area contributed by atoms with Crippen molar-refractivity contribution in [1.29, 1.82) is 0 Å². The number of anilines is 2. The lowest BCUT2D eigenvalue weighted by Crippen LogP contribution is -2.48. The van der Waals surface area contributed by atoms with Crippen LogP contribution in [0.2, 0.25) is 0 Å². The lowest BCUT2D eigenvalue weighted by molar-refractivity contribution is -0.0415. The smallest absolute Gasteiger partial charge is 0.337 e. The van der Waals surface area contributed by atoms with Crippen molar-refractivity contribution < 1.29 is 14.6 Å². The lowest BCUT2D eigenvalue weighted by atomic mass is 10.1. The Hall–Kier alpha value is -1.79. The van der Waals surface area contributed by atoms with Gasteiger partial charge in [-0.25, -0.2) is 4.79 Å². The van der Waals surface area contributed by atoms with E-state index in [4.69, 9.17) is 10.5 Å². The number of morpholine rings is 1. The van der Waals surface area contributed by atoms with Crippen molar-refractivity contribution in [3.63, 3.8) is 0 Å². The molecule has 114 valence electrons. The van der Waals surface area contributed by atoms with Crippen LogP contribution in [-0.2, 0) is 4.74 Å². The number of ether oxygens (including phenoxy) is 1. The fraction of sp³-hybridized carbons (Fsp3) is 0.533. The predicted molar refractivity (Wildman–Crippen MR) is 80.6 cm³/mol. The summed E-state index contributed by atoms with van der Waals surface area (Å²) < 4.78 is 5.86. The summed E-state index contributed by atoms with van der Waals surface area (Å²) >= 11 is 0. The molecule has 2 atom stereocenters. The molecule has 1 aromatic rings. The van der Waals surface area contributed by atoms with E-state index in [0.717, 1.165) is 19.7 Å². The van der Waals surface area contributed by atoms with Crippen molar-refractivity contribution in [2.45, 2.75) is 25.0 Å². The molecule has 4 N–H and O–H groups in total. The van der Waals surface area contributed by atoms with Crippen molar-refractivity contribution in [2.75, 3.05) is 37.3 Å². The maximum atomic E-state index is 11.2. The minimum Gasteiger partial charge on any atom is -0.478 e. The summed E-state index contributed by atoms with van der Waals surface area (Å²) in [5.41, 5.74) is 6.88. The van der Waals surface area contributed by atoms with E-state index in [1.807, 2.05) is 0 Å². The number of carbonyl (C=O) groups is 1. The maximum Gasteiger partial charge on any atom is 0.337 e. The molecule has 0 aliphatic carbocycles. The Kier molecular flexibility index (Phi) is 3.98. The molecule has 0 spiro atoms. The molecule has 2 saturated heterocycles. The van der Waals surface area contributed by atoms with Gasteiger partial charge in [-0.15, -0.1) is 0 Å². The molecule has 6 heteroatoms.